The SMILES string of the molecule is CC1C(NCc2ccccc2)C(=O)N(C)C1(CO)C(=O)NCc1ccccc1. The number of carbonyl (C=O) groups is 2. The van der Waals surface area contributed by atoms with Gasteiger partial charge in [0.25, 0.3) is 0 Å². The number of aliphatic hydroxyl groups excluding tert-OH is 1. The van der Waals surface area contributed by atoms with Crippen molar-refractivity contribution in [2.24, 2.45) is 5.92 Å². The van der Waals surface area contributed by atoms with E-state index < -0.39 is 24.1 Å². The highest BCUT2D eigenvalue weighted by Gasteiger charge is 2.59. The predicted octanol–water partition coefficient (Wildman–Crippen LogP) is 1.30. The fourth-order valence-electron chi connectivity index (χ4n) is 3.90. The van der Waals surface area contributed by atoms with Gasteiger partial charge in [-0.15, -0.1) is 0 Å². The van der Waals surface area contributed by atoms with E-state index in [1.165, 1.54) is 4.90 Å². The third-order valence-corrected chi connectivity index (χ3v) is 5.75. The lowest BCUT2D eigenvalue weighted by Crippen LogP contribution is -2.60. The zero-order valence-electron chi connectivity index (χ0n) is 16.3. The van der Waals surface area contributed by atoms with Gasteiger partial charge in [-0.2, -0.15) is 0 Å². The van der Waals surface area contributed by atoms with Crippen molar-refractivity contribution in [3.05, 3.63) is 71.8 Å². The maximum absolute atomic E-state index is 13.1. The van der Waals surface area contributed by atoms with Crippen molar-refractivity contribution in [2.75, 3.05) is 13.7 Å². The molecule has 3 N–H and O–H groups in total. The summed E-state index contributed by atoms with van der Waals surface area (Å²) in [7, 11) is 1.58. The second-order valence-electron chi connectivity index (χ2n) is 7.28. The average molecular weight is 381 g/mol. The monoisotopic (exact) mass is 381 g/mol. The maximum Gasteiger partial charge on any atom is 0.248 e. The number of likely N-dealkylation sites (tertiary alicyclic amines) is 1. The number of nitrogens with zero attached hydrogens (tertiary/aromatic N) is 1. The lowest BCUT2D eigenvalue weighted by atomic mass is 9.83. The van der Waals surface area contributed by atoms with Crippen LogP contribution >= 0.6 is 0 Å². The summed E-state index contributed by atoms with van der Waals surface area (Å²) in [6, 6.07) is 18.8. The summed E-state index contributed by atoms with van der Waals surface area (Å²) in [5, 5.41) is 16.3. The highest BCUT2D eigenvalue weighted by atomic mass is 16.3. The summed E-state index contributed by atoms with van der Waals surface area (Å²) in [5.41, 5.74) is 0.725. The van der Waals surface area contributed by atoms with Crippen molar-refractivity contribution < 1.29 is 14.7 Å². The Morgan fingerprint density at radius 2 is 1.57 bits per heavy atom. The fourth-order valence-corrected chi connectivity index (χ4v) is 3.90. The molecule has 0 saturated carbocycles. The standard InChI is InChI=1S/C22H27N3O3/c1-16-19(23-13-17-9-5-3-6-10-17)20(27)25(2)22(16,15-26)21(28)24-14-18-11-7-4-8-12-18/h3-12,16,19,23,26H,13-15H2,1-2H3,(H,24,28). The van der Waals surface area contributed by atoms with Gasteiger partial charge in [-0.1, -0.05) is 67.6 Å². The largest absolute Gasteiger partial charge is 0.393 e. The first-order valence-corrected chi connectivity index (χ1v) is 9.48. The number of hydrogen-bond donors (Lipinski definition) is 3. The summed E-state index contributed by atoms with van der Waals surface area (Å²) in [5.74, 6) is -0.923. The number of benzene rings is 2. The first-order chi connectivity index (χ1) is 13.5. The Bertz CT molecular complexity index is 812. The lowest BCUT2D eigenvalue weighted by Gasteiger charge is -2.36. The smallest absolute Gasteiger partial charge is 0.248 e. The van der Waals surface area contributed by atoms with Crippen molar-refractivity contribution >= 4 is 11.8 Å². The van der Waals surface area contributed by atoms with Crippen molar-refractivity contribution in [1.82, 2.24) is 15.5 Å². The molecule has 2 aromatic carbocycles. The highest BCUT2D eigenvalue weighted by molar-refractivity contribution is 5.98. The molecule has 148 valence electrons. The van der Waals surface area contributed by atoms with E-state index in [4.69, 9.17) is 0 Å². The van der Waals surface area contributed by atoms with Crippen LogP contribution in [0.15, 0.2) is 60.7 Å². The van der Waals surface area contributed by atoms with E-state index in [9.17, 15) is 14.7 Å². The number of aliphatic hydroxyl groups is 1. The number of amides is 2. The first-order valence-electron chi connectivity index (χ1n) is 9.48. The molecular formula is C22H27N3O3. The van der Waals surface area contributed by atoms with Gasteiger partial charge in [-0.25, -0.2) is 0 Å². The van der Waals surface area contributed by atoms with Crippen molar-refractivity contribution in [3.63, 3.8) is 0 Å². The Labute approximate surface area is 165 Å². The summed E-state index contributed by atoms with van der Waals surface area (Å²) >= 11 is 0. The van der Waals surface area contributed by atoms with Crippen molar-refractivity contribution in [2.45, 2.75) is 31.6 Å². The molecule has 1 aliphatic heterocycles. The topological polar surface area (TPSA) is 81.7 Å². The zero-order chi connectivity index (χ0) is 20.1. The van der Waals surface area contributed by atoms with E-state index in [1.807, 2.05) is 67.6 Å². The van der Waals surface area contributed by atoms with Gasteiger partial charge in [0, 0.05) is 26.1 Å². The van der Waals surface area contributed by atoms with Crippen LogP contribution in [0, 0.1) is 5.92 Å². The van der Waals surface area contributed by atoms with E-state index in [-0.39, 0.29) is 11.8 Å². The number of nitrogens with one attached hydrogen (secondary N) is 2. The highest BCUT2D eigenvalue weighted by Crippen LogP contribution is 2.35. The Kier molecular flexibility index (Phi) is 6.11. The minimum atomic E-state index is -1.29. The molecule has 0 radical (unpaired) electrons. The van der Waals surface area contributed by atoms with E-state index in [0.29, 0.717) is 13.1 Å². The third kappa shape index (κ3) is 3.66. The molecule has 0 bridgehead atoms. The van der Waals surface area contributed by atoms with Crippen LogP contribution in [0.5, 0.6) is 0 Å². The van der Waals surface area contributed by atoms with Crippen LogP contribution in [0.3, 0.4) is 0 Å². The molecule has 2 amide bonds. The molecule has 2 aromatic rings. The van der Waals surface area contributed by atoms with Crippen LogP contribution in [0.25, 0.3) is 0 Å². The fraction of sp³-hybridized carbons (Fsp3) is 0.364. The molecule has 3 atom stereocenters. The number of rotatable bonds is 7. The van der Waals surface area contributed by atoms with Gasteiger partial charge in [-0.05, 0) is 11.1 Å². The minimum absolute atomic E-state index is 0.188. The molecule has 3 rings (SSSR count). The van der Waals surface area contributed by atoms with Gasteiger partial charge in [0.05, 0.1) is 12.6 Å². The van der Waals surface area contributed by atoms with Crippen LogP contribution in [0.2, 0.25) is 0 Å². The average Bonchev–Trinajstić information content (AvgIpc) is 2.92. The van der Waals surface area contributed by atoms with Crippen LogP contribution in [-0.4, -0.2) is 47.1 Å². The summed E-state index contributed by atoms with van der Waals surface area (Å²) < 4.78 is 0. The molecule has 0 aliphatic carbocycles. The maximum atomic E-state index is 13.1. The second-order valence-corrected chi connectivity index (χ2v) is 7.28. The summed E-state index contributed by atoms with van der Waals surface area (Å²) in [6.45, 7) is 2.27. The van der Waals surface area contributed by atoms with E-state index in [1.54, 1.807) is 7.05 Å². The molecular weight excluding hydrogens is 354 g/mol. The molecule has 3 unspecified atom stereocenters. The Balaban J connectivity index is 1.73. The molecule has 0 spiro atoms. The van der Waals surface area contributed by atoms with Gasteiger partial charge < -0.3 is 20.6 Å². The first kappa shape index (κ1) is 20.0. The van der Waals surface area contributed by atoms with Gasteiger partial charge in [0.1, 0.15) is 5.54 Å². The molecule has 1 saturated heterocycles. The molecule has 1 fully saturated rings. The Hall–Kier alpha value is -2.70. The molecule has 1 aliphatic rings. The summed E-state index contributed by atoms with van der Waals surface area (Å²) in [6.07, 6.45) is 0. The zero-order valence-corrected chi connectivity index (χ0v) is 16.3. The minimum Gasteiger partial charge on any atom is -0.393 e. The number of likely N-dealkylation sites (N-methyl/N-ethyl adjacent to an activating group) is 1. The van der Waals surface area contributed by atoms with Crippen LogP contribution in [0.1, 0.15) is 18.1 Å². The van der Waals surface area contributed by atoms with E-state index in [2.05, 4.69) is 10.6 Å². The molecule has 1 heterocycles. The Morgan fingerprint density at radius 1 is 1.04 bits per heavy atom. The molecule has 0 aromatic heterocycles. The quantitative estimate of drug-likeness (QED) is 0.675. The van der Waals surface area contributed by atoms with Gasteiger partial charge in [0.2, 0.25) is 11.8 Å². The molecule has 6 heteroatoms. The number of hydrogen-bond acceptors (Lipinski definition) is 4. The van der Waals surface area contributed by atoms with Crippen LogP contribution in [-0.2, 0) is 22.7 Å². The molecule has 28 heavy (non-hydrogen) atoms. The Morgan fingerprint density at radius 3 is 2.11 bits per heavy atom. The van der Waals surface area contributed by atoms with Gasteiger partial charge in [0.15, 0.2) is 0 Å². The van der Waals surface area contributed by atoms with E-state index >= 15 is 0 Å². The van der Waals surface area contributed by atoms with E-state index in [0.717, 1.165) is 11.1 Å². The van der Waals surface area contributed by atoms with Gasteiger partial charge >= 0.3 is 0 Å². The van der Waals surface area contributed by atoms with Gasteiger partial charge in [-0.3, -0.25) is 9.59 Å². The normalized spacial score (nSPS) is 24.4. The number of carbonyl (C=O) groups excluding carboxylic acids is 2. The second kappa shape index (κ2) is 8.54. The molecule has 6 nitrogen and oxygen atoms in total. The van der Waals surface area contributed by atoms with Crippen LogP contribution in [0.4, 0.5) is 0 Å². The predicted molar refractivity (Wildman–Crippen MR) is 107 cm³/mol. The lowest BCUT2D eigenvalue weighted by molar-refractivity contribution is -0.143. The van der Waals surface area contributed by atoms with Crippen LogP contribution < -0.4 is 10.6 Å². The van der Waals surface area contributed by atoms with Crippen molar-refractivity contribution in [1.29, 1.82) is 0 Å². The van der Waals surface area contributed by atoms with Crippen molar-refractivity contribution in [3.8, 4) is 0 Å². The summed E-state index contributed by atoms with van der Waals surface area (Å²) in [4.78, 5) is 27.3. The third-order valence-electron chi connectivity index (χ3n) is 5.75.